The minimum absolute atomic E-state index is 0.862. The number of hydrogen-bond acceptors (Lipinski definition) is 2. The summed E-state index contributed by atoms with van der Waals surface area (Å²) in [6, 6.07) is 20.8. The Balaban J connectivity index is 1.55. The Morgan fingerprint density at radius 1 is 0.955 bits per heavy atom. The van der Waals surface area contributed by atoms with E-state index in [2.05, 4.69) is 64.6 Å². The predicted octanol–water partition coefficient (Wildman–Crippen LogP) is 4.06. The maximum Gasteiger partial charge on any atom is 0.138 e. The second kappa shape index (κ2) is 5.53. The highest BCUT2D eigenvalue weighted by molar-refractivity contribution is 5.60. The van der Waals surface area contributed by atoms with Crippen molar-refractivity contribution in [2.24, 2.45) is 0 Å². The molecule has 0 spiro atoms. The van der Waals surface area contributed by atoms with E-state index in [1.807, 2.05) is 18.2 Å². The summed E-state index contributed by atoms with van der Waals surface area (Å²) >= 11 is 0. The van der Waals surface area contributed by atoms with E-state index < -0.39 is 0 Å². The highest BCUT2D eigenvalue weighted by Gasteiger charge is 2.16. The number of fused-ring (bicyclic) bond motifs is 1. The lowest BCUT2D eigenvalue weighted by Crippen LogP contribution is -2.19. The Morgan fingerprint density at radius 2 is 1.68 bits per heavy atom. The summed E-state index contributed by atoms with van der Waals surface area (Å²) in [6.07, 6.45) is 4.22. The smallest absolute Gasteiger partial charge is 0.138 e. The molecule has 0 amide bonds. The average molecular weight is 287 g/mol. The molecular formula is C19H17N3. The summed E-state index contributed by atoms with van der Waals surface area (Å²) in [5, 5.41) is 0. The molecule has 1 aromatic heterocycles. The van der Waals surface area contributed by atoms with Crippen molar-refractivity contribution < 1.29 is 0 Å². The van der Waals surface area contributed by atoms with E-state index >= 15 is 0 Å². The van der Waals surface area contributed by atoms with Gasteiger partial charge >= 0.3 is 0 Å². The molecule has 1 aliphatic heterocycles. The SMILES string of the molecule is C1=CN(Cc2ccccc2)Cc2[nH]c(-c3ccccc3)nc21. The largest absolute Gasteiger partial charge is 0.367 e. The van der Waals surface area contributed by atoms with Gasteiger partial charge in [-0.2, -0.15) is 0 Å². The molecule has 0 saturated heterocycles. The number of rotatable bonds is 3. The minimum atomic E-state index is 0.862. The standard InChI is InChI=1S/C19H17N3/c1-3-7-15(8-4-1)13-22-12-11-17-18(14-22)21-19(20-17)16-9-5-2-6-10-16/h1-12H,13-14H2,(H,20,21). The van der Waals surface area contributed by atoms with Gasteiger partial charge in [-0.1, -0.05) is 60.7 Å². The number of imidazole rings is 1. The zero-order valence-electron chi connectivity index (χ0n) is 12.2. The van der Waals surface area contributed by atoms with Crippen LogP contribution in [0.2, 0.25) is 0 Å². The molecule has 0 saturated carbocycles. The molecule has 3 heteroatoms. The first kappa shape index (κ1) is 12.9. The van der Waals surface area contributed by atoms with Crippen LogP contribution in [0.5, 0.6) is 0 Å². The van der Waals surface area contributed by atoms with Crippen LogP contribution in [0.25, 0.3) is 17.5 Å². The normalized spacial score (nSPS) is 13.2. The van der Waals surface area contributed by atoms with Gasteiger partial charge in [-0.05, 0) is 11.6 Å². The van der Waals surface area contributed by atoms with Gasteiger partial charge in [0.2, 0.25) is 0 Å². The van der Waals surface area contributed by atoms with Crippen molar-refractivity contribution in [3.8, 4) is 11.4 Å². The first-order chi connectivity index (χ1) is 10.9. The fraction of sp³-hybridized carbons (Fsp3) is 0.105. The summed E-state index contributed by atoms with van der Waals surface area (Å²) < 4.78 is 0. The van der Waals surface area contributed by atoms with Crippen molar-refractivity contribution in [2.75, 3.05) is 0 Å². The number of nitrogens with one attached hydrogen (secondary N) is 1. The zero-order valence-corrected chi connectivity index (χ0v) is 12.2. The van der Waals surface area contributed by atoms with E-state index in [1.54, 1.807) is 0 Å². The Morgan fingerprint density at radius 3 is 2.45 bits per heavy atom. The number of H-pyrrole nitrogens is 1. The van der Waals surface area contributed by atoms with Crippen LogP contribution in [0.3, 0.4) is 0 Å². The van der Waals surface area contributed by atoms with Gasteiger partial charge in [0.1, 0.15) is 5.82 Å². The topological polar surface area (TPSA) is 31.9 Å². The fourth-order valence-electron chi connectivity index (χ4n) is 2.77. The maximum atomic E-state index is 4.69. The van der Waals surface area contributed by atoms with Crippen molar-refractivity contribution in [1.29, 1.82) is 0 Å². The third kappa shape index (κ3) is 2.53. The lowest BCUT2D eigenvalue weighted by Gasteiger charge is -2.22. The van der Waals surface area contributed by atoms with Crippen LogP contribution in [0.1, 0.15) is 17.0 Å². The molecule has 1 N–H and O–H groups in total. The van der Waals surface area contributed by atoms with Crippen LogP contribution in [-0.2, 0) is 13.1 Å². The Hall–Kier alpha value is -2.81. The molecule has 1 aliphatic rings. The molecule has 0 aliphatic carbocycles. The van der Waals surface area contributed by atoms with Crippen molar-refractivity contribution in [3.63, 3.8) is 0 Å². The minimum Gasteiger partial charge on any atom is -0.367 e. The van der Waals surface area contributed by atoms with Crippen molar-refractivity contribution in [2.45, 2.75) is 13.1 Å². The van der Waals surface area contributed by atoms with Crippen LogP contribution in [0.15, 0.2) is 66.9 Å². The van der Waals surface area contributed by atoms with Gasteiger partial charge < -0.3 is 9.88 Å². The highest BCUT2D eigenvalue weighted by Crippen LogP contribution is 2.23. The molecule has 108 valence electrons. The number of benzene rings is 2. The van der Waals surface area contributed by atoms with Crippen LogP contribution < -0.4 is 0 Å². The summed E-state index contributed by atoms with van der Waals surface area (Å²) in [7, 11) is 0. The third-order valence-electron chi connectivity index (χ3n) is 3.89. The molecule has 2 heterocycles. The Kier molecular flexibility index (Phi) is 3.24. The van der Waals surface area contributed by atoms with Gasteiger partial charge in [-0.15, -0.1) is 0 Å². The molecule has 4 rings (SSSR count). The van der Waals surface area contributed by atoms with Gasteiger partial charge in [0, 0.05) is 18.3 Å². The van der Waals surface area contributed by atoms with Crippen molar-refractivity contribution >= 4 is 6.08 Å². The molecule has 3 nitrogen and oxygen atoms in total. The van der Waals surface area contributed by atoms with Gasteiger partial charge in [0.05, 0.1) is 17.9 Å². The lowest BCUT2D eigenvalue weighted by atomic mass is 10.2. The molecule has 0 radical (unpaired) electrons. The molecule has 22 heavy (non-hydrogen) atoms. The zero-order chi connectivity index (χ0) is 14.8. The van der Waals surface area contributed by atoms with E-state index in [4.69, 9.17) is 4.98 Å². The quantitative estimate of drug-likeness (QED) is 0.787. The molecule has 2 aromatic carbocycles. The van der Waals surface area contributed by atoms with E-state index in [0.29, 0.717) is 0 Å². The molecule has 0 fully saturated rings. The molecule has 0 unspecified atom stereocenters. The molecule has 3 aromatic rings. The maximum absolute atomic E-state index is 4.69. The lowest BCUT2D eigenvalue weighted by molar-refractivity contribution is 0.355. The molecule has 0 atom stereocenters. The summed E-state index contributed by atoms with van der Waals surface area (Å²) in [5.41, 5.74) is 4.67. The number of hydrogen-bond donors (Lipinski definition) is 1. The van der Waals surface area contributed by atoms with Crippen LogP contribution in [-0.4, -0.2) is 14.9 Å². The number of nitrogens with zero attached hydrogens (tertiary/aromatic N) is 2. The van der Waals surface area contributed by atoms with E-state index in [9.17, 15) is 0 Å². The Labute approximate surface area is 129 Å². The van der Waals surface area contributed by atoms with Crippen LogP contribution in [0, 0.1) is 0 Å². The van der Waals surface area contributed by atoms with Crippen LogP contribution >= 0.6 is 0 Å². The van der Waals surface area contributed by atoms with E-state index in [-0.39, 0.29) is 0 Å². The van der Waals surface area contributed by atoms with Crippen LogP contribution in [0.4, 0.5) is 0 Å². The summed E-state index contributed by atoms with van der Waals surface area (Å²) in [4.78, 5) is 10.5. The van der Waals surface area contributed by atoms with Gasteiger partial charge in [0.25, 0.3) is 0 Å². The second-order valence-electron chi connectivity index (χ2n) is 5.52. The number of aromatic amines is 1. The second-order valence-corrected chi connectivity index (χ2v) is 5.52. The Bertz CT molecular complexity index is 788. The van der Waals surface area contributed by atoms with Gasteiger partial charge in [-0.25, -0.2) is 4.98 Å². The summed E-state index contributed by atoms with van der Waals surface area (Å²) in [5.74, 6) is 0.941. The van der Waals surface area contributed by atoms with Gasteiger partial charge in [0.15, 0.2) is 0 Å². The van der Waals surface area contributed by atoms with Crippen molar-refractivity contribution in [1.82, 2.24) is 14.9 Å². The first-order valence-corrected chi connectivity index (χ1v) is 7.49. The molecular weight excluding hydrogens is 270 g/mol. The van der Waals surface area contributed by atoms with E-state index in [0.717, 1.165) is 30.2 Å². The van der Waals surface area contributed by atoms with E-state index in [1.165, 1.54) is 11.3 Å². The third-order valence-corrected chi connectivity index (χ3v) is 3.89. The predicted molar refractivity (Wildman–Crippen MR) is 88.7 cm³/mol. The summed E-state index contributed by atoms with van der Waals surface area (Å²) in [6.45, 7) is 1.77. The van der Waals surface area contributed by atoms with Crippen molar-refractivity contribution in [3.05, 3.63) is 83.8 Å². The highest BCUT2D eigenvalue weighted by atomic mass is 15.1. The van der Waals surface area contributed by atoms with Gasteiger partial charge in [-0.3, -0.25) is 0 Å². The monoisotopic (exact) mass is 287 g/mol. The molecule has 0 bridgehead atoms. The number of aromatic nitrogens is 2. The fourth-order valence-corrected chi connectivity index (χ4v) is 2.77. The average Bonchev–Trinajstić information content (AvgIpc) is 3.00. The first-order valence-electron chi connectivity index (χ1n) is 7.49.